The van der Waals surface area contributed by atoms with E-state index >= 15 is 0 Å². The Morgan fingerprint density at radius 1 is 0.538 bits per heavy atom. The molecular formula is C36H21NOS. The van der Waals surface area contributed by atoms with Gasteiger partial charge in [-0.05, 0) is 52.9 Å². The number of thiophene rings is 1. The summed E-state index contributed by atoms with van der Waals surface area (Å²) in [6, 6.07) is 45.6. The fourth-order valence-corrected chi connectivity index (χ4v) is 7.60. The molecule has 0 aliphatic rings. The number of hydrogen-bond acceptors (Lipinski definition) is 2. The number of nitrogens with zero attached hydrogens (tertiary/aromatic N) is 1. The molecule has 0 saturated carbocycles. The minimum atomic E-state index is 0.922. The zero-order chi connectivity index (χ0) is 25.5. The van der Waals surface area contributed by atoms with Gasteiger partial charge in [0, 0.05) is 37.3 Å². The van der Waals surface area contributed by atoms with E-state index in [1.165, 1.54) is 58.8 Å². The zero-order valence-corrected chi connectivity index (χ0v) is 21.7. The van der Waals surface area contributed by atoms with Crippen molar-refractivity contribution >= 4 is 75.3 Å². The molecule has 3 aromatic heterocycles. The molecule has 0 saturated heterocycles. The Balaban J connectivity index is 1.46. The number of rotatable bonds is 2. The predicted molar refractivity (Wildman–Crippen MR) is 166 cm³/mol. The third kappa shape index (κ3) is 2.85. The van der Waals surface area contributed by atoms with Crippen LogP contribution < -0.4 is 0 Å². The van der Waals surface area contributed by atoms with E-state index in [-0.39, 0.29) is 0 Å². The first kappa shape index (κ1) is 21.1. The first-order valence-electron chi connectivity index (χ1n) is 13.2. The Hall–Kier alpha value is -4.86. The summed E-state index contributed by atoms with van der Waals surface area (Å²) in [7, 11) is 0. The smallest absolute Gasteiger partial charge is 0.143 e. The van der Waals surface area contributed by atoms with E-state index in [1.54, 1.807) is 0 Å². The highest BCUT2D eigenvalue weighted by Gasteiger charge is 2.22. The van der Waals surface area contributed by atoms with Gasteiger partial charge < -0.3 is 8.98 Å². The highest BCUT2D eigenvalue weighted by molar-refractivity contribution is 7.26. The topological polar surface area (TPSA) is 18.1 Å². The molecule has 3 heterocycles. The molecule has 0 amide bonds. The van der Waals surface area contributed by atoms with E-state index in [2.05, 4.69) is 132 Å². The molecule has 0 fully saturated rings. The maximum Gasteiger partial charge on any atom is 0.143 e. The molecule has 6 aromatic carbocycles. The lowest BCUT2D eigenvalue weighted by Gasteiger charge is -2.11. The van der Waals surface area contributed by atoms with Crippen molar-refractivity contribution in [3.05, 3.63) is 127 Å². The Morgan fingerprint density at radius 2 is 1.28 bits per heavy atom. The van der Waals surface area contributed by atoms with E-state index < -0.39 is 0 Å². The van der Waals surface area contributed by atoms with Crippen LogP contribution in [0.15, 0.2) is 132 Å². The Kier molecular flexibility index (Phi) is 4.24. The van der Waals surface area contributed by atoms with E-state index in [0.29, 0.717) is 0 Å². The van der Waals surface area contributed by atoms with Crippen LogP contribution in [-0.2, 0) is 0 Å². The van der Waals surface area contributed by atoms with Crippen molar-refractivity contribution in [2.45, 2.75) is 0 Å². The molecule has 0 N–H and O–H groups in total. The third-order valence-corrected chi connectivity index (χ3v) is 9.17. The summed E-state index contributed by atoms with van der Waals surface area (Å²) in [6.07, 6.45) is 0. The van der Waals surface area contributed by atoms with Gasteiger partial charge >= 0.3 is 0 Å². The number of benzene rings is 6. The van der Waals surface area contributed by atoms with Crippen molar-refractivity contribution in [1.29, 1.82) is 0 Å². The minimum Gasteiger partial charge on any atom is -0.455 e. The number of fused-ring (bicyclic) bond motifs is 10. The quantitative estimate of drug-likeness (QED) is 0.224. The molecule has 9 rings (SSSR count). The lowest BCUT2D eigenvalue weighted by atomic mass is 9.96. The second-order valence-electron chi connectivity index (χ2n) is 10.1. The van der Waals surface area contributed by atoms with Crippen LogP contribution in [0.1, 0.15) is 0 Å². The number of aromatic nitrogens is 1. The maximum absolute atomic E-state index is 6.55. The van der Waals surface area contributed by atoms with E-state index in [9.17, 15) is 0 Å². The summed E-state index contributed by atoms with van der Waals surface area (Å²) in [5.74, 6) is 0. The number of para-hydroxylation sites is 2. The van der Waals surface area contributed by atoms with Crippen molar-refractivity contribution in [2.75, 3.05) is 0 Å². The first-order chi connectivity index (χ1) is 19.4. The molecule has 3 heteroatoms. The first-order valence-corrected chi connectivity index (χ1v) is 14.0. The summed E-state index contributed by atoms with van der Waals surface area (Å²) in [6.45, 7) is 0. The summed E-state index contributed by atoms with van der Waals surface area (Å²) in [5.41, 5.74) is 8.00. The third-order valence-electron chi connectivity index (χ3n) is 8.00. The average molecular weight is 516 g/mol. The zero-order valence-electron chi connectivity index (χ0n) is 20.9. The van der Waals surface area contributed by atoms with E-state index in [4.69, 9.17) is 4.42 Å². The molecule has 0 bridgehead atoms. The average Bonchev–Trinajstić information content (AvgIpc) is 3.66. The summed E-state index contributed by atoms with van der Waals surface area (Å²) in [4.78, 5) is 0. The fraction of sp³-hybridized carbons (Fsp3) is 0. The van der Waals surface area contributed by atoms with Crippen LogP contribution in [-0.4, -0.2) is 4.57 Å². The van der Waals surface area contributed by atoms with Gasteiger partial charge in [0.1, 0.15) is 11.2 Å². The van der Waals surface area contributed by atoms with Gasteiger partial charge in [-0.1, -0.05) is 91.0 Å². The molecule has 182 valence electrons. The molecule has 0 aliphatic carbocycles. The molecule has 2 nitrogen and oxygen atoms in total. The van der Waals surface area contributed by atoms with Crippen LogP contribution in [0.2, 0.25) is 0 Å². The molecule has 39 heavy (non-hydrogen) atoms. The van der Waals surface area contributed by atoms with Crippen LogP contribution >= 0.6 is 11.3 Å². The van der Waals surface area contributed by atoms with Crippen LogP contribution in [0.4, 0.5) is 0 Å². The maximum atomic E-state index is 6.55. The highest BCUT2D eigenvalue weighted by Crippen LogP contribution is 2.48. The second kappa shape index (κ2) is 7.83. The van der Waals surface area contributed by atoms with Gasteiger partial charge in [0.05, 0.1) is 15.7 Å². The van der Waals surface area contributed by atoms with Crippen LogP contribution in [0.5, 0.6) is 0 Å². The van der Waals surface area contributed by atoms with Crippen molar-refractivity contribution < 1.29 is 4.42 Å². The summed E-state index contributed by atoms with van der Waals surface area (Å²) in [5, 5.41) is 7.26. The standard InChI is InChI=1S/C36H21NOS/c1-2-11-23(12-3-1)37-29-17-7-6-14-27(29)36-34(37)33-26(16-9-19-31(33)39-36)25-15-8-18-30-32(25)28-21-20-22-10-4-5-13-24(22)35(28)38-30/h1-21H. The van der Waals surface area contributed by atoms with Gasteiger partial charge in [0.15, 0.2) is 0 Å². The second-order valence-corrected chi connectivity index (χ2v) is 11.1. The highest BCUT2D eigenvalue weighted by atomic mass is 32.1. The van der Waals surface area contributed by atoms with Crippen molar-refractivity contribution in [3.8, 4) is 16.8 Å². The lowest BCUT2D eigenvalue weighted by molar-refractivity contribution is 0.673. The van der Waals surface area contributed by atoms with Gasteiger partial charge in [0.25, 0.3) is 0 Å². The van der Waals surface area contributed by atoms with Crippen molar-refractivity contribution in [2.24, 2.45) is 0 Å². The SMILES string of the molecule is c1ccc(-n2c3ccccc3c3sc4cccc(-c5cccc6oc7c8ccccc8ccc7c56)c4c32)cc1. The van der Waals surface area contributed by atoms with Gasteiger partial charge in [-0.3, -0.25) is 0 Å². The molecule has 0 unspecified atom stereocenters. The van der Waals surface area contributed by atoms with Crippen LogP contribution in [0, 0.1) is 0 Å². The minimum absolute atomic E-state index is 0.922. The molecule has 0 spiro atoms. The molecule has 0 radical (unpaired) electrons. The van der Waals surface area contributed by atoms with Crippen molar-refractivity contribution in [1.82, 2.24) is 4.57 Å². The van der Waals surface area contributed by atoms with Gasteiger partial charge in [-0.25, -0.2) is 0 Å². The Morgan fingerprint density at radius 3 is 2.18 bits per heavy atom. The van der Waals surface area contributed by atoms with Gasteiger partial charge in [-0.15, -0.1) is 11.3 Å². The van der Waals surface area contributed by atoms with Crippen LogP contribution in [0.25, 0.3) is 80.7 Å². The monoisotopic (exact) mass is 515 g/mol. The number of hydrogen-bond donors (Lipinski definition) is 0. The Bertz CT molecular complexity index is 2390. The summed E-state index contributed by atoms with van der Waals surface area (Å²) < 4.78 is 11.6. The van der Waals surface area contributed by atoms with Gasteiger partial charge in [0.2, 0.25) is 0 Å². The lowest BCUT2D eigenvalue weighted by Crippen LogP contribution is -1.93. The normalized spacial score (nSPS) is 12.1. The largest absolute Gasteiger partial charge is 0.455 e. The van der Waals surface area contributed by atoms with E-state index in [0.717, 1.165) is 21.9 Å². The predicted octanol–water partition coefficient (Wildman–Crippen LogP) is 10.7. The number of furan rings is 1. The van der Waals surface area contributed by atoms with Gasteiger partial charge in [-0.2, -0.15) is 0 Å². The van der Waals surface area contributed by atoms with E-state index in [1.807, 2.05) is 11.3 Å². The van der Waals surface area contributed by atoms with Crippen molar-refractivity contribution in [3.63, 3.8) is 0 Å². The molecular weight excluding hydrogens is 494 g/mol. The fourth-order valence-electron chi connectivity index (χ4n) is 6.36. The molecule has 9 aromatic rings. The molecule has 0 atom stereocenters. The van der Waals surface area contributed by atoms with Crippen LogP contribution in [0.3, 0.4) is 0 Å². The summed E-state index contributed by atoms with van der Waals surface area (Å²) >= 11 is 1.88. The Labute approximate surface area is 227 Å². The molecule has 0 aliphatic heterocycles.